The highest BCUT2D eigenvalue weighted by Gasteiger charge is 2.12. The highest BCUT2D eigenvalue weighted by molar-refractivity contribution is 7.22. The molecule has 0 N–H and O–H groups in total. The van der Waals surface area contributed by atoms with Gasteiger partial charge in [-0.15, -0.1) is 0 Å². The fourth-order valence-electron chi connectivity index (χ4n) is 6.32. The molecule has 5 aromatic rings. The number of rotatable bonds is 32. The molecular weight excluding hydrogens is 955 g/mol. The van der Waals surface area contributed by atoms with Crippen LogP contribution >= 0.6 is 11.3 Å². The van der Waals surface area contributed by atoms with Gasteiger partial charge in [0.05, 0.1) is 43.4 Å². The number of anilines is 1. The third-order valence-corrected chi connectivity index (χ3v) is 11.2. The zero-order valence-electron chi connectivity index (χ0n) is 45.4. The van der Waals surface area contributed by atoms with Crippen molar-refractivity contribution in [2.75, 3.05) is 73.0 Å². The predicted molar refractivity (Wildman–Crippen MR) is 306 cm³/mol. The molecular formula is C60H85N3O10S. The number of nitrogens with zero attached hydrogens (tertiary/aromatic N) is 3. The van der Waals surface area contributed by atoms with Crippen molar-refractivity contribution in [2.45, 2.75) is 104 Å². The molecule has 0 atom stereocenters. The number of aromatic nitrogens is 1. The quantitative estimate of drug-likeness (QED) is 0.0132. The third kappa shape index (κ3) is 33.4. The van der Waals surface area contributed by atoms with Crippen LogP contribution in [0.15, 0.2) is 121 Å². The minimum Gasteiger partial charge on any atom is -0.496 e. The highest BCUT2D eigenvalue weighted by Crippen LogP contribution is 2.29. The SMILES string of the molecule is C=CC=O.C=CC=O.CC.CCCCCCN(/N=C/c1cc(CCOC)ccc1OC)c1nc2ccccc2s1.COCCCCCCOc1ccc(C=O)cc1.COCCCCCCOc1ccc(C=O)cc1. The Labute approximate surface area is 447 Å². The number of allylic oxidation sites excluding steroid dienone is 2. The molecule has 0 amide bonds. The molecule has 0 spiro atoms. The fraction of sp³-hybridized carbons (Fsp3) is 0.433. The molecule has 1 heterocycles. The van der Waals surface area contributed by atoms with Gasteiger partial charge in [0.25, 0.3) is 0 Å². The Balaban J connectivity index is 0.00000104. The number of thiazole rings is 1. The Morgan fingerprint density at radius 3 is 1.53 bits per heavy atom. The van der Waals surface area contributed by atoms with Crippen LogP contribution in [0.25, 0.3) is 10.2 Å². The summed E-state index contributed by atoms with van der Waals surface area (Å²) in [5, 5.41) is 7.79. The lowest BCUT2D eigenvalue weighted by molar-refractivity contribution is -0.104. The predicted octanol–water partition coefficient (Wildman–Crippen LogP) is 13.9. The standard InChI is InChI=1S/C24H31N3O2S.2C14H20O3.2C3H4O.C2H6/c1-4-5-6-9-15-27(24-26-21-10-7-8-11-23(21)30-24)25-18-20-17-19(14-16-28-2)12-13-22(20)29-3;2*1-16-10-4-2-3-5-11-17-14-8-6-13(12-15)7-9-14;2*1-2-3-4;1-2/h7-8,10-13,17-18H,4-6,9,14-16H2,1-3H3;2*6-9,12H,2-5,10-11H2,1H3;2*2-3H,1H2;1-2H3/b25-18+;;;;;. The van der Waals surface area contributed by atoms with Crippen molar-refractivity contribution in [1.82, 2.24) is 4.98 Å². The van der Waals surface area contributed by atoms with Gasteiger partial charge in [0.2, 0.25) is 5.13 Å². The lowest BCUT2D eigenvalue weighted by Crippen LogP contribution is -2.18. The number of hydrogen-bond acceptors (Lipinski definition) is 14. The number of methoxy groups -OCH3 is 4. The van der Waals surface area contributed by atoms with Crippen molar-refractivity contribution in [3.63, 3.8) is 0 Å². The smallest absolute Gasteiger partial charge is 0.207 e. The number of para-hydroxylation sites is 1. The molecule has 5 rings (SSSR count). The zero-order valence-corrected chi connectivity index (χ0v) is 46.2. The molecule has 0 radical (unpaired) electrons. The number of aldehydes is 4. The molecule has 406 valence electrons. The highest BCUT2D eigenvalue weighted by atomic mass is 32.1. The minimum absolute atomic E-state index is 0.639. The van der Waals surface area contributed by atoms with E-state index in [2.05, 4.69) is 50.4 Å². The van der Waals surface area contributed by atoms with Gasteiger partial charge in [0.1, 0.15) is 42.4 Å². The number of ether oxygens (including phenoxy) is 6. The van der Waals surface area contributed by atoms with Gasteiger partial charge in [-0.3, -0.25) is 19.2 Å². The van der Waals surface area contributed by atoms with Crippen molar-refractivity contribution in [1.29, 1.82) is 0 Å². The zero-order chi connectivity index (χ0) is 54.7. The molecule has 0 bridgehead atoms. The van der Waals surface area contributed by atoms with E-state index in [1.54, 1.807) is 64.0 Å². The van der Waals surface area contributed by atoms with E-state index in [0.29, 0.717) is 30.3 Å². The van der Waals surface area contributed by atoms with Gasteiger partial charge < -0.3 is 28.4 Å². The first-order chi connectivity index (χ1) is 36.3. The van der Waals surface area contributed by atoms with Gasteiger partial charge in [0, 0.05) is 57.8 Å². The maximum atomic E-state index is 10.5. The number of carbonyl (C=O) groups excluding carboxylic acids is 4. The topological polar surface area (TPSA) is 152 Å². The average molecular weight is 1040 g/mol. The van der Waals surface area contributed by atoms with Crippen molar-refractivity contribution in [3.05, 3.63) is 139 Å². The molecule has 14 heteroatoms. The molecule has 0 unspecified atom stereocenters. The van der Waals surface area contributed by atoms with Gasteiger partial charge in [-0.05, 0) is 142 Å². The number of benzene rings is 4. The van der Waals surface area contributed by atoms with Crippen LogP contribution in [0.5, 0.6) is 17.2 Å². The first-order valence-corrected chi connectivity index (χ1v) is 26.4. The van der Waals surface area contributed by atoms with Gasteiger partial charge in [0.15, 0.2) is 0 Å². The van der Waals surface area contributed by atoms with Gasteiger partial charge in [-0.1, -0.05) is 95.6 Å². The second-order valence-corrected chi connectivity index (χ2v) is 16.8. The van der Waals surface area contributed by atoms with Crippen molar-refractivity contribution < 1.29 is 47.6 Å². The second-order valence-electron chi connectivity index (χ2n) is 15.8. The first kappa shape index (κ1) is 67.7. The molecule has 1 aromatic heterocycles. The van der Waals surface area contributed by atoms with Crippen LogP contribution in [0, 0.1) is 0 Å². The Morgan fingerprint density at radius 1 is 0.595 bits per heavy atom. The van der Waals surface area contributed by atoms with E-state index in [0.717, 1.165) is 130 Å². The number of carbonyl (C=O) groups is 4. The lowest BCUT2D eigenvalue weighted by Gasteiger charge is -2.16. The summed E-state index contributed by atoms with van der Waals surface area (Å²) < 4.78 is 33.0. The summed E-state index contributed by atoms with van der Waals surface area (Å²) in [6.45, 7) is 17.1. The number of hydrogen-bond donors (Lipinski definition) is 0. The Morgan fingerprint density at radius 2 is 1.08 bits per heavy atom. The first-order valence-electron chi connectivity index (χ1n) is 25.6. The summed E-state index contributed by atoms with van der Waals surface area (Å²) >= 11 is 1.68. The van der Waals surface area contributed by atoms with E-state index >= 15 is 0 Å². The monoisotopic (exact) mass is 1040 g/mol. The van der Waals surface area contributed by atoms with Crippen LogP contribution in [-0.2, 0) is 30.2 Å². The normalized spacial score (nSPS) is 9.93. The molecule has 0 saturated carbocycles. The second kappa shape index (κ2) is 48.9. The fourth-order valence-corrected chi connectivity index (χ4v) is 7.27. The van der Waals surface area contributed by atoms with E-state index in [4.69, 9.17) is 48.1 Å². The van der Waals surface area contributed by atoms with Gasteiger partial charge in [-0.25, -0.2) is 9.99 Å². The van der Waals surface area contributed by atoms with Crippen LogP contribution in [0.1, 0.15) is 130 Å². The summed E-state index contributed by atoms with van der Waals surface area (Å²) in [7, 11) is 6.87. The number of fused-ring (bicyclic) bond motifs is 1. The number of unbranched alkanes of at least 4 members (excludes halogenated alkanes) is 9. The maximum absolute atomic E-state index is 10.5. The van der Waals surface area contributed by atoms with Crippen LogP contribution in [0.4, 0.5) is 5.13 Å². The van der Waals surface area contributed by atoms with E-state index in [9.17, 15) is 9.59 Å². The third-order valence-electron chi connectivity index (χ3n) is 10.2. The van der Waals surface area contributed by atoms with Crippen molar-refractivity contribution >= 4 is 58.0 Å². The molecule has 0 aliphatic carbocycles. The van der Waals surface area contributed by atoms with Crippen molar-refractivity contribution in [3.8, 4) is 17.2 Å². The van der Waals surface area contributed by atoms with E-state index in [1.165, 1.54) is 54.5 Å². The molecule has 0 aliphatic heterocycles. The summed E-state index contributed by atoms with van der Waals surface area (Å²) in [5.74, 6) is 2.47. The van der Waals surface area contributed by atoms with Crippen molar-refractivity contribution in [2.24, 2.45) is 5.10 Å². The Hall–Kier alpha value is -6.32. The molecule has 74 heavy (non-hydrogen) atoms. The van der Waals surface area contributed by atoms with Crippen LogP contribution in [-0.4, -0.2) is 104 Å². The minimum atomic E-state index is 0.639. The summed E-state index contributed by atoms with van der Waals surface area (Å²) in [6.07, 6.45) is 21.9. The molecule has 4 aromatic carbocycles. The summed E-state index contributed by atoms with van der Waals surface area (Å²) in [5.41, 5.74) is 4.54. The van der Waals surface area contributed by atoms with Crippen LogP contribution in [0.2, 0.25) is 0 Å². The molecule has 13 nitrogen and oxygen atoms in total. The average Bonchev–Trinajstić information content (AvgIpc) is 3.89. The lowest BCUT2D eigenvalue weighted by atomic mass is 10.1. The van der Waals surface area contributed by atoms with Crippen LogP contribution in [0.3, 0.4) is 0 Å². The number of hydrazone groups is 1. The van der Waals surface area contributed by atoms with Gasteiger partial charge >= 0.3 is 0 Å². The van der Waals surface area contributed by atoms with Gasteiger partial charge in [-0.2, -0.15) is 5.10 Å². The van der Waals surface area contributed by atoms with E-state index < -0.39 is 0 Å². The largest absolute Gasteiger partial charge is 0.496 e. The molecule has 0 aliphatic rings. The van der Waals surface area contributed by atoms with Crippen LogP contribution < -0.4 is 19.2 Å². The van der Waals surface area contributed by atoms with E-state index in [-0.39, 0.29) is 0 Å². The maximum Gasteiger partial charge on any atom is 0.207 e. The van der Waals surface area contributed by atoms with E-state index in [1.807, 2.05) is 61.5 Å². The Kier molecular flexibility index (Phi) is 44.7. The molecule has 0 fully saturated rings. The molecule has 0 saturated heterocycles. The Bertz CT molecular complexity index is 2070. The summed E-state index contributed by atoms with van der Waals surface area (Å²) in [4.78, 5) is 43.8. The summed E-state index contributed by atoms with van der Waals surface area (Å²) in [6, 6.07) is 28.8.